The Morgan fingerprint density at radius 3 is 2.47 bits per heavy atom. The van der Waals surface area contributed by atoms with Crippen LogP contribution in [-0.4, -0.2) is 37.9 Å². The predicted octanol–water partition coefficient (Wildman–Crippen LogP) is 2.12. The lowest BCUT2D eigenvalue weighted by Crippen LogP contribution is -2.42. The first kappa shape index (κ1) is 16.4. The number of ether oxygens (including phenoxy) is 2. The van der Waals surface area contributed by atoms with Crippen LogP contribution in [0.15, 0.2) is 0 Å². The van der Waals surface area contributed by atoms with Crippen LogP contribution < -0.4 is 5.32 Å². The van der Waals surface area contributed by atoms with Gasteiger partial charge in [0, 0.05) is 19.3 Å². The molecule has 4 heteroatoms. The molecule has 0 aliphatic heterocycles. The van der Waals surface area contributed by atoms with Crippen LogP contribution in [0.3, 0.4) is 0 Å². The fourth-order valence-corrected chi connectivity index (χ4v) is 1.46. The Morgan fingerprint density at radius 1 is 1.24 bits per heavy atom. The number of carbonyl (C=O) groups excluding carboxylic acids is 1. The number of nitrogens with one attached hydrogen (secondary N) is 1. The molecule has 0 aromatic carbocycles. The van der Waals surface area contributed by atoms with Crippen molar-refractivity contribution in [2.24, 2.45) is 0 Å². The fraction of sp³-hybridized carbons (Fsp3) is 0.923. The maximum atomic E-state index is 11.7. The molecule has 4 nitrogen and oxygen atoms in total. The first-order valence-corrected chi connectivity index (χ1v) is 6.62. The van der Waals surface area contributed by atoms with Crippen molar-refractivity contribution >= 4 is 5.97 Å². The highest BCUT2D eigenvalue weighted by molar-refractivity contribution is 5.75. The minimum absolute atomic E-state index is 0.180. The SMILES string of the molecule is CCCCOCCC(NC(C)C)C(=O)OCC. The van der Waals surface area contributed by atoms with Gasteiger partial charge in [-0.05, 0) is 19.8 Å². The number of unbranched alkanes of at least 4 members (excludes halogenated alkanes) is 1. The molecule has 0 spiro atoms. The van der Waals surface area contributed by atoms with Crippen molar-refractivity contribution in [3.8, 4) is 0 Å². The van der Waals surface area contributed by atoms with Crippen molar-refractivity contribution in [3.05, 3.63) is 0 Å². The molecule has 1 atom stereocenters. The molecule has 0 aliphatic rings. The minimum Gasteiger partial charge on any atom is -0.465 e. The summed E-state index contributed by atoms with van der Waals surface area (Å²) in [6.45, 7) is 9.78. The lowest BCUT2D eigenvalue weighted by molar-refractivity contribution is -0.146. The van der Waals surface area contributed by atoms with E-state index in [0.717, 1.165) is 19.4 Å². The van der Waals surface area contributed by atoms with E-state index in [-0.39, 0.29) is 18.1 Å². The monoisotopic (exact) mass is 245 g/mol. The maximum Gasteiger partial charge on any atom is 0.323 e. The fourth-order valence-electron chi connectivity index (χ4n) is 1.46. The molecule has 1 N–H and O–H groups in total. The van der Waals surface area contributed by atoms with Gasteiger partial charge in [0.1, 0.15) is 6.04 Å². The second-order valence-corrected chi connectivity index (χ2v) is 4.38. The van der Waals surface area contributed by atoms with Gasteiger partial charge in [-0.1, -0.05) is 27.2 Å². The average molecular weight is 245 g/mol. The summed E-state index contributed by atoms with van der Waals surface area (Å²) in [5.74, 6) is -0.180. The maximum absolute atomic E-state index is 11.7. The average Bonchev–Trinajstić information content (AvgIpc) is 2.27. The van der Waals surface area contributed by atoms with Crippen LogP contribution >= 0.6 is 0 Å². The van der Waals surface area contributed by atoms with Crippen LogP contribution in [0.5, 0.6) is 0 Å². The highest BCUT2D eigenvalue weighted by Crippen LogP contribution is 2.00. The van der Waals surface area contributed by atoms with Gasteiger partial charge in [-0.15, -0.1) is 0 Å². The van der Waals surface area contributed by atoms with Crippen molar-refractivity contribution in [1.82, 2.24) is 5.32 Å². The van der Waals surface area contributed by atoms with E-state index < -0.39 is 0 Å². The molecule has 0 aromatic heterocycles. The first-order valence-electron chi connectivity index (χ1n) is 6.62. The molecule has 0 amide bonds. The van der Waals surface area contributed by atoms with E-state index in [2.05, 4.69) is 12.2 Å². The Balaban J connectivity index is 3.89. The van der Waals surface area contributed by atoms with Gasteiger partial charge in [-0.25, -0.2) is 0 Å². The van der Waals surface area contributed by atoms with E-state index in [4.69, 9.17) is 9.47 Å². The standard InChI is InChI=1S/C13H27NO3/c1-5-7-9-16-10-8-12(14-11(3)4)13(15)17-6-2/h11-12,14H,5-10H2,1-4H3. The summed E-state index contributed by atoms with van der Waals surface area (Å²) in [4.78, 5) is 11.7. The van der Waals surface area contributed by atoms with Crippen molar-refractivity contribution in [3.63, 3.8) is 0 Å². The van der Waals surface area contributed by atoms with Gasteiger partial charge in [0.05, 0.1) is 6.61 Å². The lowest BCUT2D eigenvalue weighted by atomic mass is 10.2. The molecule has 0 fully saturated rings. The van der Waals surface area contributed by atoms with E-state index in [9.17, 15) is 4.79 Å². The molecular weight excluding hydrogens is 218 g/mol. The Labute approximate surface area is 105 Å². The van der Waals surface area contributed by atoms with Crippen molar-refractivity contribution < 1.29 is 14.3 Å². The van der Waals surface area contributed by atoms with E-state index in [0.29, 0.717) is 19.6 Å². The Kier molecular flexibility index (Phi) is 10.2. The Hall–Kier alpha value is -0.610. The third-order valence-corrected chi connectivity index (χ3v) is 2.30. The molecule has 17 heavy (non-hydrogen) atoms. The highest BCUT2D eigenvalue weighted by atomic mass is 16.5. The van der Waals surface area contributed by atoms with Gasteiger partial charge in [0.25, 0.3) is 0 Å². The molecular formula is C13H27NO3. The van der Waals surface area contributed by atoms with Crippen LogP contribution in [0.25, 0.3) is 0 Å². The Morgan fingerprint density at radius 2 is 1.94 bits per heavy atom. The zero-order valence-electron chi connectivity index (χ0n) is 11.6. The molecule has 1 unspecified atom stereocenters. The minimum atomic E-state index is -0.253. The number of esters is 1. The van der Waals surface area contributed by atoms with Gasteiger partial charge >= 0.3 is 5.97 Å². The van der Waals surface area contributed by atoms with Crippen LogP contribution in [0.2, 0.25) is 0 Å². The van der Waals surface area contributed by atoms with E-state index in [1.807, 2.05) is 20.8 Å². The summed E-state index contributed by atoms with van der Waals surface area (Å²) >= 11 is 0. The van der Waals surface area contributed by atoms with E-state index >= 15 is 0 Å². The number of hydrogen-bond donors (Lipinski definition) is 1. The van der Waals surface area contributed by atoms with Gasteiger partial charge in [-0.2, -0.15) is 0 Å². The molecule has 0 saturated carbocycles. The molecule has 0 aliphatic carbocycles. The molecule has 0 radical (unpaired) electrons. The molecule has 0 heterocycles. The second kappa shape index (κ2) is 10.5. The zero-order valence-corrected chi connectivity index (χ0v) is 11.6. The smallest absolute Gasteiger partial charge is 0.323 e. The molecule has 0 bridgehead atoms. The second-order valence-electron chi connectivity index (χ2n) is 4.38. The predicted molar refractivity (Wildman–Crippen MR) is 69.0 cm³/mol. The van der Waals surface area contributed by atoms with Crippen LogP contribution in [0.1, 0.15) is 47.0 Å². The third kappa shape index (κ3) is 9.12. The lowest BCUT2D eigenvalue weighted by Gasteiger charge is -2.19. The van der Waals surface area contributed by atoms with Crippen molar-refractivity contribution in [1.29, 1.82) is 0 Å². The highest BCUT2D eigenvalue weighted by Gasteiger charge is 2.19. The Bertz CT molecular complexity index is 195. The van der Waals surface area contributed by atoms with Crippen LogP contribution in [0.4, 0.5) is 0 Å². The number of rotatable bonds is 10. The largest absolute Gasteiger partial charge is 0.465 e. The summed E-state index contributed by atoms with van der Waals surface area (Å²) in [5.41, 5.74) is 0. The topological polar surface area (TPSA) is 47.6 Å². The summed E-state index contributed by atoms with van der Waals surface area (Å²) in [7, 11) is 0. The molecule has 0 aromatic rings. The molecule has 0 saturated heterocycles. The summed E-state index contributed by atoms with van der Waals surface area (Å²) in [6, 6.07) is 0.0108. The van der Waals surface area contributed by atoms with Crippen molar-refractivity contribution in [2.75, 3.05) is 19.8 Å². The summed E-state index contributed by atoms with van der Waals surface area (Å²) < 4.78 is 10.5. The van der Waals surface area contributed by atoms with Gasteiger partial charge < -0.3 is 14.8 Å². The van der Waals surface area contributed by atoms with Gasteiger partial charge in [0.2, 0.25) is 0 Å². The van der Waals surface area contributed by atoms with Gasteiger partial charge in [0.15, 0.2) is 0 Å². The third-order valence-electron chi connectivity index (χ3n) is 2.30. The van der Waals surface area contributed by atoms with Crippen molar-refractivity contribution in [2.45, 2.75) is 59.0 Å². The number of hydrogen-bond acceptors (Lipinski definition) is 4. The van der Waals surface area contributed by atoms with E-state index in [1.54, 1.807) is 0 Å². The number of carbonyl (C=O) groups is 1. The van der Waals surface area contributed by atoms with Crippen LogP contribution in [0, 0.1) is 0 Å². The van der Waals surface area contributed by atoms with Crippen LogP contribution in [-0.2, 0) is 14.3 Å². The summed E-state index contributed by atoms with van der Waals surface area (Å²) in [5, 5.41) is 3.20. The zero-order chi connectivity index (χ0) is 13.1. The first-order chi connectivity index (χ1) is 8.11. The molecule has 102 valence electrons. The normalized spacial score (nSPS) is 12.8. The molecule has 0 rings (SSSR count). The summed E-state index contributed by atoms with van der Waals surface area (Å²) in [6.07, 6.45) is 2.87. The van der Waals surface area contributed by atoms with Gasteiger partial charge in [-0.3, -0.25) is 4.79 Å². The quantitative estimate of drug-likeness (QED) is 0.473. The van der Waals surface area contributed by atoms with E-state index in [1.165, 1.54) is 0 Å².